The van der Waals surface area contributed by atoms with E-state index in [4.69, 9.17) is 9.57 Å². The van der Waals surface area contributed by atoms with Crippen molar-refractivity contribution in [3.63, 3.8) is 0 Å². The van der Waals surface area contributed by atoms with Crippen LogP contribution in [-0.4, -0.2) is 48.0 Å². The Morgan fingerprint density at radius 3 is 2.67 bits per heavy atom. The van der Waals surface area contributed by atoms with Gasteiger partial charge in [-0.05, 0) is 22.8 Å². The summed E-state index contributed by atoms with van der Waals surface area (Å²) in [6, 6.07) is 13.7. The minimum Gasteiger partial charge on any atom is -0.392 e. The summed E-state index contributed by atoms with van der Waals surface area (Å²) in [4.78, 5) is 32.5. The van der Waals surface area contributed by atoms with Crippen LogP contribution in [0.4, 0.5) is 4.79 Å². The zero-order valence-electron chi connectivity index (χ0n) is 17.4. The second kappa shape index (κ2) is 8.34. The molecule has 0 radical (unpaired) electrons. The average molecular weight is 409 g/mol. The van der Waals surface area contributed by atoms with Crippen molar-refractivity contribution in [3.05, 3.63) is 48.0 Å². The molecule has 1 saturated heterocycles. The maximum absolute atomic E-state index is 13.1. The van der Waals surface area contributed by atoms with Crippen molar-refractivity contribution < 1.29 is 19.2 Å². The van der Waals surface area contributed by atoms with Gasteiger partial charge in [-0.1, -0.05) is 55.4 Å². The predicted molar refractivity (Wildman–Crippen MR) is 114 cm³/mol. The van der Waals surface area contributed by atoms with E-state index in [2.05, 4.69) is 10.5 Å². The maximum Gasteiger partial charge on any atom is 0.413 e. The third-order valence-electron chi connectivity index (χ3n) is 5.66. The van der Waals surface area contributed by atoms with E-state index in [0.717, 1.165) is 16.3 Å². The van der Waals surface area contributed by atoms with Crippen molar-refractivity contribution in [3.8, 4) is 0 Å². The molecule has 7 heteroatoms. The van der Waals surface area contributed by atoms with E-state index in [1.54, 1.807) is 0 Å². The van der Waals surface area contributed by atoms with Gasteiger partial charge in [0.1, 0.15) is 5.60 Å². The number of likely N-dealkylation sites (tertiary alicyclic amines) is 1. The fraction of sp³-hybridized carbons (Fsp3) is 0.435. The van der Waals surface area contributed by atoms with Crippen LogP contribution in [0, 0.1) is 5.92 Å². The highest BCUT2D eigenvalue weighted by molar-refractivity contribution is 6.07. The van der Waals surface area contributed by atoms with Crippen molar-refractivity contribution in [2.45, 2.75) is 38.7 Å². The molecule has 1 N–H and O–H groups in total. The number of carbonyl (C=O) groups is 2. The summed E-state index contributed by atoms with van der Waals surface area (Å²) in [7, 11) is 0. The smallest absolute Gasteiger partial charge is 0.392 e. The average Bonchev–Trinajstić information content (AvgIpc) is 3.13. The van der Waals surface area contributed by atoms with Crippen LogP contribution in [0.25, 0.3) is 10.8 Å². The summed E-state index contributed by atoms with van der Waals surface area (Å²) in [6.07, 6.45) is 1.23. The summed E-state index contributed by atoms with van der Waals surface area (Å²) < 4.78 is 5.28. The maximum atomic E-state index is 13.1. The molecule has 4 rings (SSSR count). The molecule has 0 unspecified atom stereocenters. The zero-order chi connectivity index (χ0) is 21.1. The van der Waals surface area contributed by atoms with E-state index in [-0.39, 0.29) is 5.91 Å². The lowest BCUT2D eigenvalue weighted by Crippen LogP contribution is -2.47. The molecule has 2 aliphatic rings. The number of carbonyl (C=O) groups excluding carboxylic acids is 2. The molecule has 0 bridgehead atoms. The molecule has 7 nitrogen and oxygen atoms in total. The molecule has 2 amide bonds. The van der Waals surface area contributed by atoms with E-state index in [0.29, 0.717) is 50.7 Å². The number of hydrogen-bond donors (Lipinski definition) is 1. The van der Waals surface area contributed by atoms with Gasteiger partial charge in [0.05, 0.1) is 6.42 Å². The van der Waals surface area contributed by atoms with Crippen molar-refractivity contribution in [1.82, 2.24) is 10.2 Å². The van der Waals surface area contributed by atoms with Gasteiger partial charge in [0.15, 0.2) is 0 Å². The number of rotatable bonds is 3. The lowest BCUT2D eigenvalue weighted by molar-refractivity contribution is -0.0568. The number of hydrogen-bond acceptors (Lipinski definition) is 5. The molecule has 1 fully saturated rings. The number of benzene rings is 2. The van der Waals surface area contributed by atoms with Crippen LogP contribution in [-0.2, 0) is 9.57 Å². The first-order valence-corrected chi connectivity index (χ1v) is 10.4. The van der Waals surface area contributed by atoms with Gasteiger partial charge >= 0.3 is 6.09 Å². The molecule has 2 aliphatic heterocycles. The number of amides is 2. The van der Waals surface area contributed by atoms with Crippen molar-refractivity contribution in [2.75, 3.05) is 19.6 Å². The van der Waals surface area contributed by atoms with Gasteiger partial charge in [-0.3, -0.25) is 4.79 Å². The molecule has 0 aromatic heterocycles. The molecule has 1 spiro atoms. The third-order valence-corrected chi connectivity index (χ3v) is 5.66. The quantitative estimate of drug-likeness (QED) is 0.833. The molecule has 2 heterocycles. The highest BCUT2D eigenvalue weighted by Gasteiger charge is 2.44. The SMILES string of the molecule is CC(C)CNC(=O)OC1=NOC2(CCN(C(=O)c3cccc4ccccc34)CC2)C1. The van der Waals surface area contributed by atoms with Crippen LogP contribution in [0.3, 0.4) is 0 Å². The highest BCUT2D eigenvalue weighted by Crippen LogP contribution is 2.35. The number of alkyl carbamates (subject to hydrolysis) is 1. The van der Waals surface area contributed by atoms with Gasteiger partial charge in [-0.2, -0.15) is 0 Å². The van der Waals surface area contributed by atoms with Crippen LogP contribution in [0.1, 0.15) is 43.5 Å². The van der Waals surface area contributed by atoms with Gasteiger partial charge < -0.3 is 19.8 Å². The summed E-state index contributed by atoms with van der Waals surface area (Å²) in [5.41, 5.74) is 0.224. The van der Waals surface area contributed by atoms with E-state index < -0.39 is 11.7 Å². The Hall–Kier alpha value is -3.09. The molecule has 2 aromatic carbocycles. The van der Waals surface area contributed by atoms with Crippen LogP contribution >= 0.6 is 0 Å². The molecule has 0 atom stereocenters. The Bertz CT molecular complexity index is 972. The topological polar surface area (TPSA) is 80.2 Å². The Kier molecular flexibility index (Phi) is 5.61. The fourth-order valence-electron chi connectivity index (χ4n) is 3.94. The molecule has 30 heavy (non-hydrogen) atoms. The van der Waals surface area contributed by atoms with Crippen LogP contribution < -0.4 is 5.32 Å². The number of fused-ring (bicyclic) bond motifs is 1. The molecular weight excluding hydrogens is 382 g/mol. The summed E-state index contributed by atoms with van der Waals surface area (Å²) in [5, 5.41) is 8.71. The molecule has 0 saturated carbocycles. The normalized spacial score (nSPS) is 17.7. The predicted octanol–water partition coefficient (Wildman–Crippen LogP) is 3.93. The molecule has 2 aromatic rings. The first-order chi connectivity index (χ1) is 14.5. The van der Waals surface area contributed by atoms with Gasteiger partial charge in [-0.25, -0.2) is 4.79 Å². The summed E-state index contributed by atoms with van der Waals surface area (Å²) >= 11 is 0. The van der Waals surface area contributed by atoms with E-state index >= 15 is 0 Å². The highest BCUT2D eigenvalue weighted by atomic mass is 16.7. The number of oxime groups is 1. The monoisotopic (exact) mass is 409 g/mol. The van der Waals surface area contributed by atoms with Gasteiger partial charge in [0.2, 0.25) is 5.90 Å². The first kappa shape index (κ1) is 20.2. The number of nitrogens with zero attached hydrogens (tertiary/aromatic N) is 2. The lowest BCUT2D eigenvalue weighted by Gasteiger charge is -2.37. The van der Waals surface area contributed by atoms with Crippen LogP contribution in [0.15, 0.2) is 47.6 Å². The van der Waals surface area contributed by atoms with Crippen molar-refractivity contribution in [2.24, 2.45) is 11.1 Å². The van der Waals surface area contributed by atoms with E-state index in [1.807, 2.05) is 61.2 Å². The Morgan fingerprint density at radius 1 is 1.17 bits per heavy atom. The van der Waals surface area contributed by atoms with E-state index in [9.17, 15) is 9.59 Å². The second-order valence-electron chi connectivity index (χ2n) is 8.42. The van der Waals surface area contributed by atoms with E-state index in [1.165, 1.54) is 0 Å². The Labute approximate surface area is 176 Å². The van der Waals surface area contributed by atoms with Crippen molar-refractivity contribution >= 4 is 28.7 Å². The minimum absolute atomic E-state index is 0.0325. The largest absolute Gasteiger partial charge is 0.413 e. The number of ether oxygens (including phenoxy) is 1. The molecule has 158 valence electrons. The van der Waals surface area contributed by atoms with Gasteiger partial charge in [0.25, 0.3) is 5.91 Å². The standard InChI is InChI=1S/C23H27N3O4/c1-16(2)15-24-22(28)29-20-14-23(30-25-20)10-12-26(13-11-23)21(27)19-9-5-7-17-6-3-4-8-18(17)19/h3-9,16H,10-15H2,1-2H3,(H,24,28). The molecular formula is C23H27N3O4. The first-order valence-electron chi connectivity index (χ1n) is 10.4. The van der Waals surface area contributed by atoms with Crippen LogP contribution in [0.5, 0.6) is 0 Å². The van der Waals surface area contributed by atoms with Gasteiger partial charge in [-0.15, -0.1) is 0 Å². The Morgan fingerprint density at radius 2 is 1.90 bits per heavy atom. The summed E-state index contributed by atoms with van der Waals surface area (Å²) in [5.74, 6) is 0.671. The van der Waals surface area contributed by atoms with Gasteiger partial charge in [0, 0.05) is 38.0 Å². The summed E-state index contributed by atoms with van der Waals surface area (Å²) in [6.45, 7) is 5.72. The van der Waals surface area contributed by atoms with Crippen molar-refractivity contribution in [1.29, 1.82) is 0 Å². The third kappa shape index (κ3) is 4.25. The lowest BCUT2D eigenvalue weighted by atomic mass is 9.88. The Balaban J connectivity index is 1.34. The minimum atomic E-state index is -0.508. The molecule has 0 aliphatic carbocycles. The fourth-order valence-corrected chi connectivity index (χ4v) is 3.94. The second-order valence-corrected chi connectivity index (χ2v) is 8.42. The zero-order valence-corrected chi connectivity index (χ0v) is 17.4. The number of piperidine rings is 1. The van der Waals surface area contributed by atoms with Crippen LogP contribution in [0.2, 0.25) is 0 Å². The number of nitrogens with one attached hydrogen (secondary N) is 1.